The number of hydrogen-bond acceptors (Lipinski definition) is 1. The van der Waals surface area contributed by atoms with Gasteiger partial charge in [-0.2, -0.15) is 5.26 Å². The Balaban J connectivity index is 3.12. The lowest BCUT2D eigenvalue weighted by Crippen LogP contribution is -1.73. The van der Waals surface area contributed by atoms with Crippen LogP contribution in [0.1, 0.15) is 51.9 Å². The molecule has 0 saturated carbocycles. The van der Waals surface area contributed by atoms with Crippen molar-refractivity contribution in [2.45, 2.75) is 51.9 Å². The molecule has 0 aliphatic rings. The first-order valence-corrected chi connectivity index (χ1v) is 5.61. The fraction of sp³-hybridized carbons (Fsp3) is 0.615. The molecule has 0 aromatic heterocycles. The molecule has 78 valence electrons. The van der Waals surface area contributed by atoms with Gasteiger partial charge >= 0.3 is 0 Å². The molecule has 0 bridgehead atoms. The molecule has 0 radical (unpaired) electrons. The molecule has 0 aromatic carbocycles. The van der Waals surface area contributed by atoms with Crippen molar-refractivity contribution in [2.75, 3.05) is 0 Å². The van der Waals surface area contributed by atoms with Gasteiger partial charge in [-0.3, -0.25) is 0 Å². The molecule has 1 nitrogen and oxygen atoms in total. The quantitative estimate of drug-likeness (QED) is 0.317. The van der Waals surface area contributed by atoms with Gasteiger partial charge in [0.2, 0.25) is 0 Å². The molecule has 0 atom stereocenters. The SMILES string of the molecule is CCCCCCC=CCCC=CC#N. The van der Waals surface area contributed by atoms with Crippen LogP contribution in [0.25, 0.3) is 0 Å². The molecular weight excluding hydrogens is 170 g/mol. The van der Waals surface area contributed by atoms with Crippen LogP contribution in [0.2, 0.25) is 0 Å². The fourth-order valence-corrected chi connectivity index (χ4v) is 1.25. The van der Waals surface area contributed by atoms with E-state index in [1.54, 1.807) is 6.08 Å². The molecule has 0 N–H and O–H groups in total. The Kier molecular flexibility index (Phi) is 11.1. The van der Waals surface area contributed by atoms with Crippen LogP contribution in [0, 0.1) is 11.3 Å². The minimum atomic E-state index is 0.985. The summed E-state index contributed by atoms with van der Waals surface area (Å²) < 4.78 is 0. The van der Waals surface area contributed by atoms with Crippen molar-refractivity contribution in [2.24, 2.45) is 0 Å². The first-order chi connectivity index (χ1) is 6.91. The van der Waals surface area contributed by atoms with Gasteiger partial charge in [0, 0.05) is 6.08 Å². The summed E-state index contributed by atoms with van der Waals surface area (Å²) in [5, 5.41) is 8.23. The highest BCUT2D eigenvalue weighted by molar-refractivity contribution is 5.02. The van der Waals surface area contributed by atoms with E-state index in [2.05, 4.69) is 19.1 Å². The minimum absolute atomic E-state index is 0.985. The summed E-state index contributed by atoms with van der Waals surface area (Å²) in [4.78, 5) is 0. The van der Waals surface area contributed by atoms with E-state index >= 15 is 0 Å². The molecule has 0 amide bonds. The van der Waals surface area contributed by atoms with Crippen molar-refractivity contribution in [1.29, 1.82) is 5.26 Å². The average Bonchev–Trinajstić information content (AvgIpc) is 2.21. The van der Waals surface area contributed by atoms with Crippen LogP contribution in [0.4, 0.5) is 0 Å². The van der Waals surface area contributed by atoms with Crippen molar-refractivity contribution in [3.8, 4) is 6.07 Å². The van der Waals surface area contributed by atoms with Gasteiger partial charge in [-0.25, -0.2) is 0 Å². The van der Waals surface area contributed by atoms with Crippen LogP contribution < -0.4 is 0 Å². The van der Waals surface area contributed by atoms with E-state index in [0.29, 0.717) is 0 Å². The van der Waals surface area contributed by atoms with Gasteiger partial charge in [0.15, 0.2) is 0 Å². The predicted molar refractivity (Wildman–Crippen MR) is 61.9 cm³/mol. The highest BCUT2D eigenvalue weighted by Gasteiger charge is 1.83. The van der Waals surface area contributed by atoms with Crippen molar-refractivity contribution < 1.29 is 0 Å². The Morgan fingerprint density at radius 2 is 1.64 bits per heavy atom. The smallest absolute Gasteiger partial charge is 0.0908 e. The monoisotopic (exact) mass is 191 g/mol. The summed E-state index contributed by atoms with van der Waals surface area (Å²) >= 11 is 0. The van der Waals surface area contributed by atoms with Gasteiger partial charge in [0.1, 0.15) is 0 Å². The van der Waals surface area contributed by atoms with Crippen molar-refractivity contribution in [3.63, 3.8) is 0 Å². The molecule has 0 aliphatic heterocycles. The van der Waals surface area contributed by atoms with Crippen LogP contribution in [0.15, 0.2) is 24.3 Å². The van der Waals surface area contributed by atoms with E-state index in [4.69, 9.17) is 5.26 Å². The Labute approximate surface area is 88.1 Å². The van der Waals surface area contributed by atoms with Crippen LogP contribution in [-0.4, -0.2) is 0 Å². The summed E-state index contributed by atoms with van der Waals surface area (Å²) in [6.07, 6.45) is 16.5. The second-order valence-electron chi connectivity index (χ2n) is 3.43. The fourth-order valence-electron chi connectivity index (χ4n) is 1.25. The summed E-state index contributed by atoms with van der Waals surface area (Å²) in [6.45, 7) is 2.23. The number of rotatable bonds is 8. The van der Waals surface area contributed by atoms with Crippen molar-refractivity contribution in [1.82, 2.24) is 0 Å². The molecule has 0 saturated heterocycles. The lowest BCUT2D eigenvalue weighted by Gasteiger charge is -1.93. The van der Waals surface area contributed by atoms with Gasteiger partial charge in [-0.1, -0.05) is 44.4 Å². The zero-order valence-electron chi connectivity index (χ0n) is 9.21. The number of allylic oxidation sites excluding steroid dienone is 4. The molecular formula is C13H21N. The van der Waals surface area contributed by atoms with Gasteiger partial charge in [-0.05, 0) is 25.7 Å². The second-order valence-corrected chi connectivity index (χ2v) is 3.43. The van der Waals surface area contributed by atoms with E-state index in [1.165, 1.54) is 32.1 Å². The Bertz CT molecular complexity index is 196. The van der Waals surface area contributed by atoms with Crippen LogP contribution in [-0.2, 0) is 0 Å². The first-order valence-electron chi connectivity index (χ1n) is 5.61. The summed E-state index contributed by atoms with van der Waals surface area (Å²) in [6, 6.07) is 1.99. The third-order valence-electron chi connectivity index (χ3n) is 2.08. The lowest BCUT2D eigenvalue weighted by atomic mass is 10.1. The third kappa shape index (κ3) is 11.0. The topological polar surface area (TPSA) is 23.8 Å². The minimum Gasteiger partial charge on any atom is -0.193 e. The van der Waals surface area contributed by atoms with Crippen LogP contribution in [0.5, 0.6) is 0 Å². The van der Waals surface area contributed by atoms with Gasteiger partial charge in [0.05, 0.1) is 6.07 Å². The number of nitrogens with zero attached hydrogens (tertiary/aromatic N) is 1. The van der Waals surface area contributed by atoms with Crippen molar-refractivity contribution in [3.05, 3.63) is 24.3 Å². The highest BCUT2D eigenvalue weighted by atomic mass is 14.2. The van der Waals surface area contributed by atoms with Crippen LogP contribution >= 0.6 is 0 Å². The molecule has 14 heavy (non-hydrogen) atoms. The molecule has 1 heteroatoms. The maximum atomic E-state index is 8.23. The molecule has 0 rings (SSSR count). The molecule has 0 spiro atoms. The van der Waals surface area contributed by atoms with Gasteiger partial charge < -0.3 is 0 Å². The predicted octanol–water partition coefficient (Wildman–Crippen LogP) is 4.37. The summed E-state index contributed by atoms with van der Waals surface area (Å²) in [5.41, 5.74) is 0. The standard InChI is InChI=1S/C13H21N/c1-2-3-4-5-6-7-8-9-10-11-12-13-14/h7-8,11-12H,2-6,9-10H2,1H3. The maximum Gasteiger partial charge on any atom is 0.0908 e. The van der Waals surface area contributed by atoms with Crippen molar-refractivity contribution >= 4 is 0 Å². The second kappa shape index (κ2) is 12.0. The van der Waals surface area contributed by atoms with Crippen LogP contribution in [0.3, 0.4) is 0 Å². The zero-order chi connectivity index (χ0) is 10.5. The highest BCUT2D eigenvalue weighted by Crippen LogP contribution is 2.03. The molecule has 0 heterocycles. The van der Waals surface area contributed by atoms with Gasteiger partial charge in [0.25, 0.3) is 0 Å². The van der Waals surface area contributed by atoms with E-state index < -0.39 is 0 Å². The molecule has 0 fully saturated rings. The Morgan fingerprint density at radius 1 is 0.929 bits per heavy atom. The molecule has 0 unspecified atom stereocenters. The normalized spacial score (nSPS) is 11.1. The lowest BCUT2D eigenvalue weighted by molar-refractivity contribution is 0.674. The summed E-state index contributed by atoms with van der Waals surface area (Å²) in [5.74, 6) is 0. The Morgan fingerprint density at radius 3 is 2.36 bits per heavy atom. The molecule has 0 aliphatic carbocycles. The number of hydrogen-bond donors (Lipinski definition) is 0. The van der Waals surface area contributed by atoms with Gasteiger partial charge in [-0.15, -0.1) is 0 Å². The third-order valence-corrected chi connectivity index (χ3v) is 2.08. The summed E-state index contributed by atoms with van der Waals surface area (Å²) in [7, 11) is 0. The van der Waals surface area contributed by atoms with E-state index in [-0.39, 0.29) is 0 Å². The van der Waals surface area contributed by atoms with E-state index in [9.17, 15) is 0 Å². The number of unbranched alkanes of at least 4 members (excludes halogenated alkanes) is 5. The van der Waals surface area contributed by atoms with E-state index in [1.807, 2.05) is 12.1 Å². The maximum absolute atomic E-state index is 8.23. The first kappa shape index (κ1) is 13.0. The number of nitriles is 1. The Hall–Kier alpha value is -1.03. The zero-order valence-corrected chi connectivity index (χ0v) is 9.21. The van der Waals surface area contributed by atoms with E-state index in [0.717, 1.165) is 12.8 Å². The largest absolute Gasteiger partial charge is 0.193 e. The average molecular weight is 191 g/mol. The molecule has 0 aromatic rings.